The van der Waals surface area contributed by atoms with Gasteiger partial charge in [-0.2, -0.15) is 4.31 Å². The quantitative estimate of drug-likeness (QED) is 0.550. The maximum Gasteiger partial charge on any atom is 0.243 e. The van der Waals surface area contributed by atoms with Crippen LogP contribution in [0.4, 0.5) is 10.1 Å². The summed E-state index contributed by atoms with van der Waals surface area (Å²) in [5, 5.41) is 0. The second kappa shape index (κ2) is 8.28. The highest BCUT2D eigenvalue weighted by atomic mass is 32.2. The van der Waals surface area contributed by atoms with Gasteiger partial charge in [0.15, 0.2) is 5.75 Å². The Bertz CT molecular complexity index is 1360. The van der Waals surface area contributed by atoms with Gasteiger partial charge in [0.2, 0.25) is 10.0 Å². The molecule has 2 aliphatic heterocycles. The normalized spacial score (nSPS) is 18.6. The molecule has 5 rings (SSSR count). The molecule has 2 heterocycles. The van der Waals surface area contributed by atoms with Gasteiger partial charge in [-0.05, 0) is 55.8 Å². The molecule has 33 heavy (non-hydrogen) atoms. The average Bonchev–Trinajstić information content (AvgIpc) is 2.97. The Morgan fingerprint density at radius 3 is 2.48 bits per heavy atom. The molecule has 0 bridgehead atoms. The molecule has 1 atom stereocenters. The van der Waals surface area contributed by atoms with Crippen LogP contribution in [-0.2, 0) is 10.0 Å². The number of sulfonamides is 1. The number of fused-ring (bicyclic) bond motifs is 2. The molecule has 3 aromatic rings. The maximum atomic E-state index is 14.1. The number of hydrogen-bond acceptors (Lipinski definition) is 5. The summed E-state index contributed by atoms with van der Waals surface area (Å²) in [4.78, 5) is 6.98. The third-order valence-electron chi connectivity index (χ3n) is 6.06. The first-order valence-corrected chi connectivity index (χ1v) is 12.3. The Kier molecular flexibility index (Phi) is 5.42. The highest BCUT2D eigenvalue weighted by Crippen LogP contribution is 2.38. The van der Waals surface area contributed by atoms with Crippen LogP contribution >= 0.6 is 0 Å². The second-order valence-corrected chi connectivity index (χ2v) is 10.2. The van der Waals surface area contributed by atoms with Gasteiger partial charge >= 0.3 is 0 Å². The first-order valence-electron chi connectivity index (χ1n) is 10.8. The van der Waals surface area contributed by atoms with Crippen LogP contribution in [0.3, 0.4) is 0 Å². The van der Waals surface area contributed by atoms with Gasteiger partial charge in [0.25, 0.3) is 0 Å². The van der Waals surface area contributed by atoms with E-state index >= 15 is 0 Å². The van der Waals surface area contributed by atoms with Crippen LogP contribution in [0.15, 0.2) is 76.6 Å². The van der Waals surface area contributed by atoms with Crippen molar-refractivity contribution in [2.45, 2.75) is 24.8 Å². The molecule has 0 aliphatic carbocycles. The minimum Gasteiger partial charge on any atom is -0.454 e. The number of para-hydroxylation sites is 3. The highest BCUT2D eigenvalue weighted by molar-refractivity contribution is 7.89. The van der Waals surface area contributed by atoms with E-state index < -0.39 is 15.8 Å². The Labute approximate surface area is 193 Å². The van der Waals surface area contributed by atoms with E-state index in [1.165, 1.54) is 16.4 Å². The van der Waals surface area contributed by atoms with E-state index in [0.717, 1.165) is 23.2 Å². The van der Waals surface area contributed by atoms with E-state index in [1.54, 1.807) is 6.92 Å². The lowest BCUT2D eigenvalue weighted by Crippen LogP contribution is -2.55. The number of aryl methyl sites for hydroxylation is 1. The second-order valence-electron chi connectivity index (χ2n) is 8.32. The van der Waals surface area contributed by atoms with Gasteiger partial charge in [0.05, 0.1) is 10.5 Å². The molecule has 8 heteroatoms. The molecule has 1 saturated heterocycles. The van der Waals surface area contributed by atoms with Crippen molar-refractivity contribution in [3.63, 3.8) is 0 Å². The van der Waals surface area contributed by atoms with Crippen molar-refractivity contribution in [2.75, 3.05) is 19.6 Å². The lowest BCUT2D eigenvalue weighted by Gasteiger charge is -2.40. The number of piperazine rings is 1. The summed E-state index contributed by atoms with van der Waals surface area (Å²) in [5.41, 5.74) is 2.00. The van der Waals surface area contributed by atoms with Crippen LogP contribution in [-0.4, -0.2) is 49.1 Å². The summed E-state index contributed by atoms with van der Waals surface area (Å²) < 4.78 is 48.1. The number of nitrogens with zero attached hydrogens (tertiary/aromatic N) is 3. The molecule has 3 aromatic carbocycles. The number of aliphatic imine (C=N–C) groups is 1. The first kappa shape index (κ1) is 21.6. The van der Waals surface area contributed by atoms with E-state index in [2.05, 4.69) is 4.90 Å². The Morgan fingerprint density at radius 1 is 1.00 bits per heavy atom. The summed E-state index contributed by atoms with van der Waals surface area (Å²) in [5.74, 6) is 1.61. The molecule has 2 aliphatic rings. The zero-order valence-corrected chi connectivity index (χ0v) is 19.2. The topological polar surface area (TPSA) is 62.2 Å². The highest BCUT2D eigenvalue weighted by Gasteiger charge is 2.36. The molecule has 0 N–H and O–H groups in total. The minimum atomic E-state index is -3.82. The van der Waals surface area contributed by atoms with E-state index in [9.17, 15) is 12.8 Å². The Balaban J connectivity index is 1.46. The maximum absolute atomic E-state index is 14.1. The number of halogens is 1. The number of rotatable bonds is 2. The molecule has 0 aromatic heterocycles. The van der Waals surface area contributed by atoms with Crippen LogP contribution in [0.1, 0.15) is 18.1 Å². The molecule has 1 fully saturated rings. The minimum absolute atomic E-state index is 0.0228. The third-order valence-corrected chi connectivity index (χ3v) is 8.07. The lowest BCUT2D eigenvalue weighted by atomic mass is 10.1. The lowest BCUT2D eigenvalue weighted by molar-refractivity contribution is 0.205. The molecular formula is C25H24FN3O3S. The van der Waals surface area contributed by atoms with E-state index in [0.29, 0.717) is 30.2 Å². The van der Waals surface area contributed by atoms with Crippen LogP contribution < -0.4 is 4.74 Å². The van der Waals surface area contributed by atoms with E-state index in [-0.39, 0.29) is 17.5 Å². The Morgan fingerprint density at radius 2 is 1.73 bits per heavy atom. The number of ether oxygens (including phenoxy) is 1. The SMILES string of the molecule is Cc1ccc(S(=O)(=O)N2CCN(C3=Nc4ccccc4Oc4ccccc43)CC2C)cc1F. The van der Waals surface area contributed by atoms with Gasteiger partial charge in [-0.25, -0.2) is 17.8 Å². The van der Waals surface area contributed by atoms with Gasteiger partial charge in [-0.1, -0.05) is 30.3 Å². The fourth-order valence-corrected chi connectivity index (χ4v) is 5.90. The molecular weight excluding hydrogens is 441 g/mol. The summed E-state index contributed by atoms with van der Waals surface area (Å²) in [6.45, 7) is 4.64. The van der Waals surface area contributed by atoms with Crippen molar-refractivity contribution in [3.8, 4) is 11.5 Å². The Hall–Kier alpha value is -3.23. The summed E-state index contributed by atoms with van der Waals surface area (Å²) in [6, 6.07) is 19.0. The fraction of sp³-hybridized carbons (Fsp3) is 0.240. The van der Waals surface area contributed by atoms with Crippen molar-refractivity contribution in [1.82, 2.24) is 9.21 Å². The molecule has 1 unspecified atom stereocenters. The van der Waals surface area contributed by atoms with Crippen LogP contribution in [0.5, 0.6) is 11.5 Å². The van der Waals surface area contributed by atoms with Gasteiger partial charge < -0.3 is 9.64 Å². The average molecular weight is 466 g/mol. The van der Waals surface area contributed by atoms with Crippen LogP contribution in [0, 0.1) is 12.7 Å². The zero-order chi connectivity index (χ0) is 23.2. The van der Waals surface area contributed by atoms with Crippen molar-refractivity contribution in [2.24, 2.45) is 4.99 Å². The monoisotopic (exact) mass is 465 g/mol. The first-order chi connectivity index (χ1) is 15.8. The van der Waals surface area contributed by atoms with Gasteiger partial charge in [0.1, 0.15) is 23.1 Å². The predicted molar refractivity (Wildman–Crippen MR) is 125 cm³/mol. The van der Waals surface area contributed by atoms with Crippen molar-refractivity contribution >= 4 is 21.5 Å². The molecule has 0 radical (unpaired) electrons. The van der Waals surface area contributed by atoms with Crippen LogP contribution in [0.2, 0.25) is 0 Å². The van der Waals surface area contributed by atoms with Crippen molar-refractivity contribution < 1.29 is 17.5 Å². The number of benzene rings is 3. The third kappa shape index (κ3) is 3.89. The smallest absolute Gasteiger partial charge is 0.243 e. The molecule has 170 valence electrons. The summed E-state index contributed by atoms with van der Waals surface area (Å²) in [7, 11) is -3.82. The summed E-state index contributed by atoms with van der Waals surface area (Å²) in [6.07, 6.45) is 0. The molecule has 0 spiro atoms. The number of hydrogen-bond donors (Lipinski definition) is 0. The largest absolute Gasteiger partial charge is 0.454 e. The van der Waals surface area contributed by atoms with Crippen molar-refractivity contribution in [1.29, 1.82) is 0 Å². The van der Waals surface area contributed by atoms with Crippen molar-refractivity contribution in [3.05, 3.63) is 83.7 Å². The molecule has 6 nitrogen and oxygen atoms in total. The summed E-state index contributed by atoms with van der Waals surface area (Å²) >= 11 is 0. The van der Waals surface area contributed by atoms with E-state index in [1.807, 2.05) is 55.5 Å². The van der Waals surface area contributed by atoms with Gasteiger partial charge in [-0.15, -0.1) is 0 Å². The van der Waals surface area contributed by atoms with E-state index in [4.69, 9.17) is 9.73 Å². The van der Waals surface area contributed by atoms with Gasteiger partial charge in [0, 0.05) is 25.7 Å². The van der Waals surface area contributed by atoms with Gasteiger partial charge in [-0.3, -0.25) is 0 Å². The molecule has 0 saturated carbocycles. The van der Waals surface area contributed by atoms with Crippen LogP contribution in [0.25, 0.3) is 0 Å². The predicted octanol–water partition coefficient (Wildman–Crippen LogP) is 4.71. The molecule has 0 amide bonds. The fourth-order valence-electron chi connectivity index (χ4n) is 4.27. The zero-order valence-electron chi connectivity index (χ0n) is 18.4. The standard InChI is InChI=1S/C25H24FN3O3S/c1-17-11-12-19(15-21(17)26)33(30,31)29-14-13-28(16-18(29)2)25-20-7-3-5-9-23(20)32-24-10-6-4-8-22(24)27-25/h3-12,15,18H,13-14,16H2,1-2H3. The number of amidine groups is 1.